The molecular formula is C23H24N6O2S2. The quantitative estimate of drug-likeness (QED) is 0.372. The van der Waals surface area contributed by atoms with Crippen LogP contribution in [-0.2, 0) is 6.42 Å². The second kappa shape index (κ2) is 10.1. The molecule has 170 valence electrons. The van der Waals surface area contributed by atoms with Crippen LogP contribution >= 0.6 is 23.6 Å². The van der Waals surface area contributed by atoms with Gasteiger partial charge in [0.2, 0.25) is 4.96 Å². The van der Waals surface area contributed by atoms with Crippen molar-refractivity contribution < 1.29 is 9.53 Å². The molecule has 0 bridgehead atoms. The Morgan fingerprint density at radius 1 is 1.18 bits per heavy atom. The lowest BCUT2D eigenvalue weighted by Crippen LogP contribution is -2.34. The highest BCUT2D eigenvalue weighted by molar-refractivity contribution is 7.80. The van der Waals surface area contributed by atoms with Crippen LogP contribution < -0.4 is 15.4 Å². The third-order valence-corrected chi connectivity index (χ3v) is 6.04. The molecule has 4 aromatic rings. The molecule has 0 aliphatic heterocycles. The molecule has 2 aromatic heterocycles. The van der Waals surface area contributed by atoms with E-state index < -0.39 is 0 Å². The van der Waals surface area contributed by atoms with Gasteiger partial charge in [0.15, 0.2) is 10.9 Å². The maximum atomic E-state index is 12.6. The number of aromatic nitrogens is 4. The van der Waals surface area contributed by atoms with E-state index in [0.717, 1.165) is 45.4 Å². The minimum atomic E-state index is -0.296. The molecule has 0 aliphatic carbocycles. The first-order valence-electron chi connectivity index (χ1n) is 10.7. The second-order valence-corrected chi connectivity index (χ2v) is 8.75. The first-order chi connectivity index (χ1) is 16.0. The lowest BCUT2D eigenvalue weighted by Gasteiger charge is -2.13. The van der Waals surface area contributed by atoms with E-state index in [1.807, 2.05) is 45.0 Å². The van der Waals surface area contributed by atoms with Gasteiger partial charge in [-0.15, -0.1) is 10.2 Å². The number of hydrogen-bond donors (Lipinski definition) is 2. The second-order valence-electron chi connectivity index (χ2n) is 7.39. The molecule has 0 saturated heterocycles. The average molecular weight is 481 g/mol. The third-order valence-electron chi connectivity index (χ3n) is 4.89. The Morgan fingerprint density at radius 3 is 2.79 bits per heavy atom. The summed E-state index contributed by atoms with van der Waals surface area (Å²) in [6.45, 7) is 6.63. The molecule has 0 radical (unpaired) electrons. The van der Waals surface area contributed by atoms with Gasteiger partial charge in [0, 0.05) is 23.2 Å². The number of anilines is 1. The van der Waals surface area contributed by atoms with E-state index in [1.54, 1.807) is 22.7 Å². The van der Waals surface area contributed by atoms with Crippen LogP contribution in [0.1, 0.15) is 42.0 Å². The predicted molar refractivity (Wildman–Crippen MR) is 134 cm³/mol. The normalized spacial score (nSPS) is 10.9. The summed E-state index contributed by atoms with van der Waals surface area (Å²) < 4.78 is 7.38. The zero-order valence-electron chi connectivity index (χ0n) is 18.6. The molecular weight excluding hydrogens is 456 g/mol. The van der Waals surface area contributed by atoms with Crippen molar-refractivity contribution >= 4 is 45.2 Å². The average Bonchev–Trinajstić information content (AvgIpc) is 3.40. The number of aryl methyl sites for hydroxylation is 2. The molecule has 2 aromatic carbocycles. The van der Waals surface area contributed by atoms with Gasteiger partial charge < -0.3 is 10.1 Å². The molecule has 0 aliphatic rings. The van der Waals surface area contributed by atoms with Crippen molar-refractivity contribution in [3.8, 4) is 16.3 Å². The highest BCUT2D eigenvalue weighted by Gasteiger charge is 2.14. The molecule has 1 amide bonds. The topological polar surface area (TPSA) is 93.4 Å². The van der Waals surface area contributed by atoms with Crippen molar-refractivity contribution in [2.24, 2.45) is 0 Å². The molecule has 0 fully saturated rings. The predicted octanol–water partition coefficient (Wildman–Crippen LogP) is 4.64. The molecule has 2 N–H and O–H groups in total. The summed E-state index contributed by atoms with van der Waals surface area (Å²) in [5.74, 6) is 1.20. The van der Waals surface area contributed by atoms with Crippen LogP contribution in [0.25, 0.3) is 15.5 Å². The van der Waals surface area contributed by atoms with E-state index in [9.17, 15) is 4.79 Å². The van der Waals surface area contributed by atoms with Crippen LogP contribution in [0.4, 0.5) is 5.69 Å². The van der Waals surface area contributed by atoms with E-state index in [-0.39, 0.29) is 11.0 Å². The van der Waals surface area contributed by atoms with Gasteiger partial charge in [0.05, 0.1) is 6.61 Å². The number of carbonyl (C=O) groups is 1. The van der Waals surface area contributed by atoms with Gasteiger partial charge in [-0.1, -0.05) is 31.3 Å². The Hall–Kier alpha value is -3.37. The van der Waals surface area contributed by atoms with Gasteiger partial charge in [-0.3, -0.25) is 10.1 Å². The number of rotatable bonds is 7. The molecule has 0 spiro atoms. The van der Waals surface area contributed by atoms with E-state index in [1.165, 1.54) is 11.3 Å². The van der Waals surface area contributed by atoms with E-state index >= 15 is 0 Å². The summed E-state index contributed by atoms with van der Waals surface area (Å²) in [6, 6.07) is 13.0. The summed E-state index contributed by atoms with van der Waals surface area (Å²) in [5, 5.41) is 19.9. The van der Waals surface area contributed by atoms with Crippen molar-refractivity contribution in [1.29, 1.82) is 0 Å². The molecule has 10 heteroatoms. The zero-order chi connectivity index (χ0) is 23.4. The van der Waals surface area contributed by atoms with Crippen LogP contribution in [0.15, 0.2) is 42.5 Å². The standard InChI is InChI=1S/C23H24N6O2S2/c1-4-11-31-17-8-6-7-15(13-17)20(30)25-22(32)24-18-10-9-16(12-14(18)3)21-28-29-19(5-2)26-27-23(29)33-21/h6-10,12-13H,4-5,11H2,1-3H3,(H2,24,25,30,32). The number of amides is 1. The Bertz CT molecular complexity index is 1310. The minimum absolute atomic E-state index is 0.224. The summed E-state index contributed by atoms with van der Waals surface area (Å²) in [6.07, 6.45) is 1.67. The van der Waals surface area contributed by atoms with Gasteiger partial charge >= 0.3 is 0 Å². The fourth-order valence-corrected chi connectivity index (χ4v) is 4.26. The highest BCUT2D eigenvalue weighted by Crippen LogP contribution is 2.28. The van der Waals surface area contributed by atoms with E-state index in [0.29, 0.717) is 17.9 Å². The van der Waals surface area contributed by atoms with Gasteiger partial charge in [-0.05, 0) is 67.5 Å². The number of fused-ring (bicyclic) bond motifs is 1. The molecule has 0 unspecified atom stereocenters. The maximum Gasteiger partial charge on any atom is 0.257 e. The Kier molecular flexibility index (Phi) is 6.95. The lowest BCUT2D eigenvalue weighted by atomic mass is 10.1. The first-order valence-corrected chi connectivity index (χ1v) is 11.9. The van der Waals surface area contributed by atoms with E-state index in [2.05, 4.69) is 25.9 Å². The van der Waals surface area contributed by atoms with Gasteiger partial charge in [0.1, 0.15) is 10.8 Å². The van der Waals surface area contributed by atoms with Crippen molar-refractivity contribution in [2.75, 3.05) is 11.9 Å². The number of nitrogens with zero attached hydrogens (tertiary/aromatic N) is 4. The number of thiocarbonyl (C=S) groups is 1. The summed E-state index contributed by atoms with van der Waals surface area (Å²) >= 11 is 6.85. The largest absolute Gasteiger partial charge is 0.494 e. The number of hydrogen-bond acceptors (Lipinski definition) is 7. The number of ether oxygens (including phenoxy) is 1. The third kappa shape index (κ3) is 5.18. The van der Waals surface area contributed by atoms with Crippen molar-refractivity contribution in [1.82, 2.24) is 25.1 Å². The van der Waals surface area contributed by atoms with Crippen LogP contribution in [-0.4, -0.2) is 37.4 Å². The Balaban J connectivity index is 1.43. The Morgan fingerprint density at radius 2 is 2.03 bits per heavy atom. The maximum absolute atomic E-state index is 12.6. The molecule has 0 atom stereocenters. The summed E-state index contributed by atoms with van der Waals surface area (Å²) in [4.78, 5) is 13.4. The molecule has 33 heavy (non-hydrogen) atoms. The highest BCUT2D eigenvalue weighted by atomic mass is 32.1. The fraction of sp³-hybridized carbons (Fsp3) is 0.261. The van der Waals surface area contributed by atoms with Crippen LogP contribution in [0.2, 0.25) is 0 Å². The number of benzene rings is 2. The van der Waals surface area contributed by atoms with Crippen molar-refractivity contribution in [3.63, 3.8) is 0 Å². The summed E-state index contributed by atoms with van der Waals surface area (Å²) in [5.41, 5.74) is 3.24. The van der Waals surface area contributed by atoms with Crippen molar-refractivity contribution in [3.05, 3.63) is 59.4 Å². The van der Waals surface area contributed by atoms with Crippen LogP contribution in [0.5, 0.6) is 5.75 Å². The monoisotopic (exact) mass is 480 g/mol. The van der Waals surface area contributed by atoms with Gasteiger partial charge in [-0.2, -0.15) is 9.61 Å². The Labute approximate surface area is 201 Å². The van der Waals surface area contributed by atoms with E-state index in [4.69, 9.17) is 17.0 Å². The lowest BCUT2D eigenvalue weighted by molar-refractivity contribution is 0.0977. The van der Waals surface area contributed by atoms with Gasteiger partial charge in [-0.25, -0.2) is 0 Å². The first kappa shape index (κ1) is 22.8. The molecule has 8 nitrogen and oxygen atoms in total. The fourth-order valence-electron chi connectivity index (χ4n) is 3.21. The van der Waals surface area contributed by atoms with Crippen molar-refractivity contribution in [2.45, 2.75) is 33.6 Å². The number of carbonyl (C=O) groups excluding carboxylic acids is 1. The minimum Gasteiger partial charge on any atom is -0.494 e. The molecule has 4 rings (SSSR count). The summed E-state index contributed by atoms with van der Waals surface area (Å²) in [7, 11) is 0. The smallest absolute Gasteiger partial charge is 0.257 e. The molecule has 0 saturated carbocycles. The van der Waals surface area contributed by atoms with Crippen LogP contribution in [0, 0.1) is 6.92 Å². The zero-order valence-corrected chi connectivity index (χ0v) is 20.2. The SMILES string of the molecule is CCCOc1cccc(C(=O)NC(=S)Nc2ccc(-c3nn4c(CC)nnc4s3)cc2C)c1. The molecule has 2 heterocycles. The number of nitrogens with one attached hydrogen (secondary N) is 2. The van der Waals surface area contributed by atoms with Gasteiger partial charge in [0.25, 0.3) is 5.91 Å². The van der Waals surface area contributed by atoms with Crippen LogP contribution in [0.3, 0.4) is 0 Å².